The summed E-state index contributed by atoms with van der Waals surface area (Å²) in [4.78, 5) is 8.53. The highest BCUT2D eigenvalue weighted by Crippen LogP contribution is 2.45. The van der Waals surface area contributed by atoms with E-state index in [2.05, 4.69) is 46.4 Å². The van der Waals surface area contributed by atoms with Gasteiger partial charge in [-0.2, -0.15) is 0 Å². The van der Waals surface area contributed by atoms with Crippen LogP contribution < -0.4 is 0 Å². The second-order valence-electron chi connectivity index (χ2n) is 6.00. The first-order chi connectivity index (χ1) is 11.9. The fourth-order valence-electron chi connectivity index (χ4n) is 3.42. The molecule has 0 aliphatic rings. The molecule has 0 aliphatic carbocycles. The lowest BCUT2D eigenvalue weighted by Crippen LogP contribution is -1.74. The van der Waals surface area contributed by atoms with E-state index in [1.165, 1.54) is 51.1 Å². The fraction of sp³-hybridized carbons (Fsp3) is 0. The van der Waals surface area contributed by atoms with E-state index in [0.717, 1.165) is 0 Å². The third-order valence-electron chi connectivity index (χ3n) is 4.60. The van der Waals surface area contributed by atoms with Gasteiger partial charge in [-0.25, -0.2) is 0 Å². The quantitative estimate of drug-likeness (QED) is 0.321. The third-order valence-corrected chi connectivity index (χ3v) is 7.10. The zero-order valence-corrected chi connectivity index (χ0v) is 14.1. The van der Waals surface area contributed by atoms with Crippen molar-refractivity contribution in [1.29, 1.82) is 0 Å². The Morgan fingerprint density at radius 1 is 0.583 bits per heavy atom. The zero-order chi connectivity index (χ0) is 15.7. The molecule has 0 atom stereocenters. The fourth-order valence-corrected chi connectivity index (χ4v) is 6.12. The van der Waals surface area contributed by atoms with Crippen molar-refractivity contribution in [3.05, 3.63) is 61.2 Å². The van der Waals surface area contributed by atoms with Gasteiger partial charge in [-0.05, 0) is 47.2 Å². The number of benzene rings is 2. The summed E-state index contributed by atoms with van der Waals surface area (Å²) >= 11 is 3.78. The van der Waals surface area contributed by atoms with Gasteiger partial charge in [-0.1, -0.05) is 0 Å². The molecule has 4 heterocycles. The minimum atomic E-state index is 1.21. The van der Waals surface area contributed by atoms with E-state index < -0.39 is 0 Å². The summed E-state index contributed by atoms with van der Waals surface area (Å²) < 4.78 is 5.48. The summed E-state index contributed by atoms with van der Waals surface area (Å²) in [5.74, 6) is 0. The lowest BCUT2D eigenvalue weighted by molar-refractivity contribution is 1.37. The van der Waals surface area contributed by atoms with Crippen LogP contribution in [0, 0.1) is 0 Å². The maximum Gasteiger partial charge on any atom is 0.0542 e. The molecular formula is C20H10N2S2. The number of pyridine rings is 2. The van der Waals surface area contributed by atoms with Crippen LogP contribution in [0.5, 0.6) is 0 Å². The first kappa shape index (κ1) is 12.8. The first-order valence-electron chi connectivity index (χ1n) is 7.73. The molecule has 0 saturated heterocycles. The van der Waals surface area contributed by atoms with Crippen LogP contribution in [0.15, 0.2) is 61.2 Å². The van der Waals surface area contributed by atoms with E-state index in [9.17, 15) is 0 Å². The Morgan fingerprint density at radius 3 is 1.58 bits per heavy atom. The number of thiophene rings is 2. The highest BCUT2D eigenvalue weighted by atomic mass is 32.1. The van der Waals surface area contributed by atoms with Crippen molar-refractivity contribution in [2.75, 3.05) is 0 Å². The van der Waals surface area contributed by atoms with Gasteiger partial charge in [0.1, 0.15) is 0 Å². The van der Waals surface area contributed by atoms with E-state index in [-0.39, 0.29) is 0 Å². The number of rotatable bonds is 0. The Morgan fingerprint density at radius 2 is 1.08 bits per heavy atom. The Hall–Kier alpha value is -2.56. The van der Waals surface area contributed by atoms with Gasteiger partial charge in [0.15, 0.2) is 0 Å². The Labute approximate surface area is 145 Å². The molecule has 0 saturated carbocycles. The van der Waals surface area contributed by atoms with E-state index in [4.69, 9.17) is 0 Å². The van der Waals surface area contributed by atoms with Crippen LogP contribution in [-0.2, 0) is 0 Å². The van der Waals surface area contributed by atoms with Crippen LogP contribution in [0.2, 0.25) is 0 Å². The molecule has 4 heteroatoms. The van der Waals surface area contributed by atoms with E-state index in [1.54, 1.807) is 0 Å². The normalized spacial score (nSPS) is 12.2. The van der Waals surface area contributed by atoms with Crippen molar-refractivity contribution >= 4 is 73.8 Å². The van der Waals surface area contributed by atoms with Gasteiger partial charge in [-0.3, -0.25) is 9.97 Å². The largest absolute Gasteiger partial charge is 0.264 e. The molecule has 0 amide bonds. The first-order valence-corrected chi connectivity index (χ1v) is 9.36. The van der Waals surface area contributed by atoms with Gasteiger partial charge in [0, 0.05) is 55.7 Å². The van der Waals surface area contributed by atoms with Crippen molar-refractivity contribution in [2.45, 2.75) is 0 Å². The van der Waals surface area contributed by atoms with E-state index in [0.29, 0.717) is 0 Å². The van der Waals surface area contributed by atoms with Crippen molar-refractivity contribution in [3.8, 4) is 0 Å². The van der Waals surface area contributed by atoms with E-state index >= 15 is 0 Å². The summed E-state index contributed by atoms with van der Waals surface area (Å²) in [6, 6.07) is 13.3. The van der Waals surface area contributed by atoms with Gasteiger partial charge in [-0.15, -0.1) is 22.7 Å². The van der Waals surface area contributed by atoms with Crippen molar-refractivity contribution in [1.82, 2.24) is 9.97 Å². The summed E-state index contributed by atoms with van der Waals surface area (Å²) in [6.45, 7) is 0. The van der Waals surface area contributed by atoms with Crippen LogP contribution in [0.25, 0.3) is 51.1 Å². The van der Waals surface area contributed by atoms with Crippen molar-refractivity contribution < 1.29 is 0 Å². The molecule has 2 nitrogen and oxygen atoms in total. The van der Waals surface area contributed by atoms with Crippen LogP contribution >= 0.6 is 22.7 Å². The van der Waals surface area contributed by atoms with Crippen LogP contribution in [0.4, 0.5) is 0 Å². The zero-order valence-electron chi connectivity index (χ0n) is 12.5. The molecule has 0 fully saturated rings. The van der Waals surface area contributed by atoms with Crippen molar-refractivity contribution in [2.24, 2.45) is 0 Å². The van der Waals surface area contributed by atoms with Gasteiger partial charge in [0.05, 0.1) is 9.40 Å². The van der Waals surface area contributed by atoms with Crippen molar-refractivity contribution in [3.63, 3.8) is 0 Å². The lowest BCUT2D eigenvalue weighted by Gasteiger charge is -1.98. The SMILES string of the molecule is c1cc2cc3sc4c5cc6cnccc6cc5sc4c3cc2cn1. The van der Waals surface area contributed by atoms with E-state index in [1.807, 2.05) is 47.5 Å². The molecule has 0 unspecified atom stereocenters. The number of aromatic nitrogens is 2. The molecular weight excluding hydrogens is 332 g/mol. The third kappa shape index (κ3) is 1.64. The molecule has 0 N–H and O–H groups in total. The van der Waals surface area contributed by atoms with Gasteiger partial charge >= 0.3 is 0 Å². The van der Waals surface area contributed by atoms with Gasteiger partial charge in [0.25, 0.3) is 0 Å². The molecule has 0 bridgehead atoms. The lowest BCUT2D eigenvalue weighted by atomic mass is 10.1. The summed E-state index contributed by atoms with van der Waals surface area (Å²) in [7, 11) is 0. The number of nitrogens with zero attached hydrogens (tertiary/aromatic N) is 2. The molecule has 112 valence electrons. The topological polar surface area (TPSA) is 25.8 Å². The number of hydrogen-bond donors (Lipinski definition) is 0. The van der Waals surface area contributed by atoms with Crippen LogP contribution in [-0.4, -0.2) is 9.97 Å². The smallest absolute Gasteiger partial charge is 0.0542 e. The number of hydrogen-bond acceptors (Lipinski definition) is 4. The summed E-state index contributed by atoms with van der Waals surface area (Å²) in [5, 5.41) is 7.61. The second kappa shape index (κ2) is 4.50. The van der Waals surface area contributed by atoms with Crippen LogP contribution in [0.1, 0.15) is 0 Å². The monoisotopic (exact) mass is 342 g/mol. The second-order valence-corrected chi connectivity index (χ2v) is 8.11. The Bertz CT molecular complexity index is 1300. The predicted molar refractivity (Wildman–Crippen MR) is 105 cm³/mol. The highest BCUT2D eigenvalue weighted by Gasteiger charge is 2.13. The summed E-state index contributed by atoms with van der Waals surface area (Å²) in [6.07, 6.45) is 7.62. The minimum Gasteiger partial charge on any atom is -0.264 e. The highest BCUT2D eigenvalue weighted by molar-refractivity contribution is 7.36. The summed E-state index contributed by atoms with van der Waals surface area (Å²) in [5.41, 5.74) is 0. The molecule has 0 spiro atoms. The average Bonchev–Trinajstić information content (AvgIpc) is 3.13. The molecule has 6 rings (SSSR count). The molecule has 0 aliphatic heterocycles. The average molecular weight is 342 g/mol. The molecule has 4 aromatic heterocycles. The molecule has 6 aromatic rings. The van der Waals surface area contributed by atoms with Gasteiger partial charge < -0.3 is 0 Å². The minimum absolute atomic E-state index is 1.21. The predicted octanol–water partition coefficient (Wildman–Crippen LogP) is 6.37. The van der Waals surface area contributed by atoms with Crippen LogP contribution in [0.3, 0.4) is 0 Å². The molecule has 2 aromatic carbocycles. The molecule has 0 radical (unpaired) electrons. The standard InChI is InChI=1S/C20H10N2S2/c1-3-21-9-13-5-15-17(7-11(1)13)23-20-16-6-14-10-22-4-2-12(14)8-18(16)24-19(15)20/h1-10H. The maximum atomic E-state index is 4.26. The number of fused-ring (bicyclic) bond motifs is 7. The maximum absolute atomic E-state index is 4.26. The Balaban J connectivity index is 1.81. The Kier molecular flexibility index (Phi) is 2.40. The van der Waals surface area contributed by atoms with Gasteiger partial charge in [0.2, 0.25) is 0 Å². The molecule has 24 heavy (non-hydrogen) atoms.